The van der Waals surface area contributed by atoms with Crippen LogP contribution in [-0.2, 0) is 13.1 Å². The van der Waals surface area contributed by atoms with Crippen molar-refractivity contribution in [2.24, 2.45) is 0 Å². The van der Waals surface area contributed by atoms with Gasteiger partial charge < -0.3 is 10.2 Å². The standard InChI is InChI=1S/C24H20FN7O/c1-16-5-2-7-18-11-19(23-28-29-30-32(23)22(16)18)15-31(14-17-6-4-10-26-13-17)24(33)27-21-9-3-8-20(25)12-21/h2-13H,14-15H2,1H3,(H,27,33). The quantitative estimate of drug-likeness (QED) is 0.438. The van der Waals surface area contributed by atoms with E-state index >= 15 is 0 Å². The number of rotatable bonds is 5. The van der Waals surface area contributed by atoms with Gasteiger partial charge in [-0.3, -0.25) is 4.98 Å². The second-order valence-corrected chi connectivity index (χ2v) is 7.75. The maximum atomic E-state index is 13.6. The highest BCUT2D eigenvalue weighted by molar-refractivity contribution is 5.90. The van der Waals surface area contributed by atoms with E-state index in [1.54, 1.807) is 33.9 Å². The summed E-state index contributed by atoms with van der Waals surface area (Å²) in [5.74, 6) is -0.423. The molecule has 0 aliphatic heterocycles. The average molecular weight is 441 g/mol. The van der Waals surface area contributed by atoms with Crippen LogP contribution in [0.1, 0.15) is 16.7 Å². The Morgan fingerprint density at radius 2 is 1.97 bits per heavy atom. The van der Waals surface area contributed by atoms with Crippen LogP contribution >= 0.6 is 0 Å². The number of aryl methyl sites for hydroxylation is 1. The Labute approximate surface area is 188 Å². The zero-order valence-electron chi connectivity index (χ0n) is 17.8. The van der Waals surface area contributed by atoms with Gasteiger partial charge in [0.2, 0.25) is 0 Å². The van der Waals surface area contributed by atoms with Crippen molar-refractivity contribution in [3.8, 4) is 0 Å². The Kier molecular flexibility index (Phi) is 5.35. The van der Waals surface area contributed by atoms with E-state index in [0.717, 1.165) is 27.6 Å². The van der Waals surface area contributed by atoms with Gasteiger partial charge in [0.1, 0.15) is 5.82 Å². The molecule has 0 atom stereocenters. The fraction of sp³-hybridized carbons (Fsp3) is 0.125. The fourth-order valence-corrected chi connectivity index (χ4v) is 3.88. The molecule has 2 aromatic carbocycles. The van der Waals surface area contributed by atoms with Gasteiger partial charge in [0, 0.05) is 35.6 Å². The highest BCUT2D eigenvalue weighted by Gasteiger charge is 2.19. The lowest BCUT2D eigenvalue weighted by Gasteiger charge is -2.24. The number of amides is 2. The number of hydrogen-bond donors (Lipinski definition) is 1. The molecule has 5 aromatic rings. The maximum absolute atomic E-state index is 13.6. The van der Waals surface area contributed by atoms with Gasteiger partial charge in [-0.1, -0.05) is 30.3 Å². The Bertz CT molecular complexity index is 1450. The summed E-state index contributed by atoms with van der Waals surface area (Å²) in [4.78, 5) is 19.0. The molecule has 0 saturated carbocycles. The van der Waals surface area contributed by atoms with Crippen molar-refractivity contribution >= 4 is 28.3 Å². The second kappa shape index (κ2) is 8.62. The summed E-state index contributed by atoms with van der Waals surface area (Å²) in [5.41, 5.74) is 4.57. The average Bonchev–Trinajstić information content (AvgIpc) is 3.29. The monoisotopic (exact) mass is 441 g/mol. The molecule has 164 valence electrons. The number of para-hydroxylation sites is 1. The number of nitrogens with one attached hydrogen (secondary N) is 1. The molecule has 0 spiro atoms. The number of carbonyl (C=O) groups excluding carboxylic acids is 1. The molecule has 9 heteroatoms. The molecule has 0 radical (unpaired) electrons. The van der Waals surface area contributed by atoms with Gasteiger partial charge in [-0.2, -0.15) is 4.52 Å². The number of nitrogens with zero attached hydrogens (tertiary/aromatic N) is 6. The molecular weight excluding hydrogens is 421 g/mol. The number of pyridine rings is 2. The van der Waals surface area contributed by atoms with Gasteiger partial charge in [0.15, 0.2) is 5.65 Å². The second-order valence-electron chi connectivity index (χ2n) is 7.75. The predicted octanol–water partition coefficient (Wildman–Crippen LogP) is 4.35. The Hall–Kier alpha value is -4.40. The molecule has 0 fully saturated rings. The van der Waals surface area contributed by atoms with Crippen molar-refractivity contribution < 1.29 is 9.18 Å². The largest absolute Gasteiger partial charge is 0.322 e. The van der Waals surface area contributed by atoms with Crippen LogP contribution in [0.2, 0.25) is 0 Å². The molecule has 3 aromatic heterocycles. The summed E-state index contributed by atoms with van der Waals surface area (Å²) < 4.78 is 15.3. The molecule has 3 heterocycles. The first-order valence-electron chi connectivity index (χ1n) is 10.4. The van der Waals surface area contributed by atoms with Crippen molar-refractivity contribution in [1.29, 1.82) is 0 Å². The molecule has 0 bridgehead atoms. The van der Waals surface area contributed by atoms with Gasteiger partial charge in [-0.25, -0.2) is 9.18 Å². The van der Waals surface area contributed by atoms with E-state index in [4.69, 9.17) is 0 Å². The summed E-state index contributed by atoms with van der Waals surface area (Å²) in [6.07, 6.45) is 3.39. The number of carbonyl (C=O) groups is 1. The van der Waals surface area contributed by atoms with E-state index < -0.39 is 5.82 Å². The minimum atomic E-state index is -0.423. The van der Waals surface area contributed by atoms with Crippen molar-refractivity contribution in [3.63, 3.8) is 0 Å². The number of halogens is 1. The van der Waals surface area contributed by atoms with E-state index in [0.29, 0.717) is 17.9 Å². The van der Waals surface area contributed by atoms with Crippen molar-refractivity contribution in [2.45, 2.75) is 20.0 Å². The van der Waals surface area contributed by atoms with E-state index in [-0.39, 0.29) is 12.6 Å². The third kappa shape index (κ3) is 4.20. The van der Waals surface area contributed by atoms with Gasteiger partial charge in [-0.05, 0) is 58.8 Å². The number of fused-ring (bicyclic) bond motifs is 3. The fourth-order valence-electron chi connectivity index (χ4n) is 3.88. The van der Waals surface area contributed by atoms with E-state index in [9.17, 15) is 9.18 Å². The normalized spacial score (nSPS) is 11.1. The topological polar surface area (TPSA) is 88.3 Å². The van der Waals surface area contributed by atoms with Gasteiger partial charge in [0.25, 0.3) is 0 Å². The van der Waals surface area contributed by atoms with Crippen LogP contribution in [0.25, 0.3) is 16.6 Å². The van der Waals surface area contributed by atoms with E-state index in [1.165, 1.54) is 12.1 Å². The van der Waals surface area contributed by atoms with Gasteiger partial charge in [-0.15, -0.1) is 5.10 Å². The number of urea groups is 1. The summed E-state index contributed by atoms with van der Waals surface area (Å²) in [5, 5.41) is 16.0. The zero-order valence-corrected chi connectivity index (χ0v) is 17.8. The number of hydrogen-bond acceptors (Lipinski definition) is 5. The smallest absolute Gasteiger partial charge is 0.316 e. The summed E-state index contributed by atoms with van der Waals surface area (Å²) in [6.45, 7) is 2.54. The van der Waals surface area contributed by atoms with Gasteiger partial charge >= 0.3 is 6.03 Å². The molecular formula is C24H20FN7O. The lowest BCUT2D eigenvalue weighted by molar-refractivity contribution is 0.206. The van der Waals surface area contributed by atoms with Crippen molar-refractivity contribution in [2.75, 3.05) is 5.32 Å². The highest BCUT2D eigenvalue weighted by atomic mass is 19.1. The Balaban J connectivity index is 1.53. The molecule has 33 heavy (non-hydrogen) atoms. The van der Waals surface area contributed by atoms with Crippen LogP contribution < -0.4 is 5.32 Å². The van der Waals surface area contributed by atoms with Crippen molar-refractivity contribution in [1.82, 2.24) is 29.9 Å². The highest BCUT2D eigenvalue weighted by Crippen LogP contribution is 2.24. The van der Waals surface area contributed by atoms with E-state index in [1.807, 2.05) is 43.3 Å². The van der Waals surface area contributed by atoms with Crippen molar-refractivity contribution in [3.05, 3.63) is 95.6 Å². The minimum absolute atomic E-state index is 0.240. The van der Waals surface area contributed by atoms with Gasteiger partial charge in [0.05, 0.1) is 12.1 Å². The molecule has 0 saturated heterocycles. The minimum Gasteiger partial charge on any atom is -0.316 e. The first-order chi connectivity index (χ1) is 16.1. The number of tetrazole rings is 1. The van der Waals surface area contributed by atoms with Crippen LogP contribution in [0.3, 0.4) is 0 Å². The molecule has 0 aliphatic carbocycles. The summed E-state index contributed by atoms with van der Waals surface area (Å²) >= 11 is 0. The molecule has 2 amide bonds. The third-order valence-electron chi connectivity index (χ3n) is 5.39. The van der Waals surface area contributed by atoms with Crippen LogP contribution in [0.4, 0.5) is 14.9 Å². The molecule has 5 rings (SSSR count). The first-order valence-corrected chi connectivity index (χ1v) is 10.4. The Morgan fingerprint density at radius 1 is 1.09 bits per heavy atom. The SMILES string of the molecule is Cc1cccc2cc(CN(Cc3cccnc3)C(=O)Nc3cccc(F)c3)c3nnnn3c12. The molecule has 0 unspecified atom stereocenters. The predicted molar refractivity (Wildman–Crippen MR) is 122 cm³/mol. The van der Waals surface area contributed by atoms with Crippen LogP contribution in [0.5, 0.6) is 0 Å². The summed E-state index contributed by atoms with van der Waals surface area (Å²) in [6, 6.07) is 17.1. The molecule has 0 aliphatic rings. The lowest BCUT2D eigenvalue weighted by atomic mass is 10.1. The third-order valence-corrected chi connectivity index (χ3v) is 5.39. The number of aromatic nitrogens is 5. The van der Waals surface area contributed by atoms with E-state index in [2.05, 4.69) is 25.8 Å². The van der Waals surface area contributed by atoms with Crippen LogP contribution in [0.15, 0.2) is 73.1 Å². The lowest BCUT2D eigenvalue weighted by Crippen LogP contribution is -2.34. The number of anilines is 1. The molecule has 8 nitrogen and oxygen atoms in total. The first kappa shape index (κ1) is 20.5. The zero-order chi connectivity index (χ0) is 22.8. The Morgan fingerprint density at radius 3 is 2.79 bits per heavy atom. The van der Waals surface area contributed by atoms with Crippen LogP contribution in [0, 0.1) is 12.7 Å². The summed E-state index contributed by atoms with van der Waals surface area (Å²) in [7, 11) is 0. The van der Waals surface area contributed by atoms with Crippen LogP contribution in [-0.4, -0.2) is 36.0 Å². The number of benzene rings is 2. The molecule has 1 N–H and O–H groups in total. The maximum Gasteiger partial charge on any atom is 0.322 e.